The third kappa shape index (κ3) is 1.12. The van der Waals surface area contributed by atoms with E-state index in [-0.39, 0.29) is 11.8 Å². The first kappa shape index (κ1) is 8.48. The van der Waals surface area contributed by atoms with Crippen LogP contribution in [0.1, 0.15) is 24.3 Å². The van der Waals surface area contributed by atoms with Gasteiger partial charge in [-0.1, -0.05) is 15.9 Å². The Kier molecular flexibility index (Phi) is 1.71. The number of nitrogens with one attached hydrogen (secondary N) is 1. The van der Waals surface area contributed by atoms with Crippen molar-refractivity contribution in [2.75, 3.05) is 5.32 Å². The molecule has 0 atom stereocenters. The van der Waals surface area contributed by atoms with Crippen LogP contribution in [0.15, 0.2) is 22.7 Å². The van der Waals surface area contributed by atoms with Crippen molar-refractivity contribution < 1.29 is 4.79 Å². The van der Waals surface area contributed by atoms with E-state index in [0.717, 1.165) is 23.0 Å². The smallest absolute Gasteiger partial charge is 0.227 e. The maximum Gasteiger partial charge on any atom is 0.227 e. The normalized spacial score (nSPS) is 28.5. The van der Waals surface area contributed by atoms with Gasteiger partial charge in [-0.2, -0.15) is 0 Å². The van der Waals surface area contributed by atoms with E-state index in [1.54, 1.807) is 0 Å². The Bertz CT molecular complexity index is 410. The molecule has 3 aliphatic rings. The number of hydrogen-bond acceptors (Lipinski definition) is 1. The first-order chi connectivity index (χ1) is 6.74. The Hall–Kier alpha value is -0.830. The van der Waals surface area contributed by atoms with Crippen LogP contribution in [-0.2, 0) is 4.79 Å². The van der Waals surface area contributed by atoms with Crippen molar-refractivity contribution in [2.24, 2.45) is 5.92 Å². The summed E-state index contributed by atoms with van der Waals surface area (Å²) in [6.07, 6.45) is 2.05. The average Bonchev–Trinajstić information content (AvgIpc) is 2.26. The highest BCUT2D eigenvalue weighted by molar-refractivity contribution is 9.10. The molecule has 0 saturated heterocycles. The molecule has 2 nitrogen and oxygen atoms in total. The lowest BCUT2D eigenvalue weighted by Gasteiger charge is -2.30. The Morgan fingerprint density at radius 3 is 2.86 bits per heavy atom. The van der Waals surface area contributed by atoms with E-state index in [4.69, 9.17) is 0 Å². The number of carbonyl (C=O) groups is 1. The summed E-state index contributed by atoms with van der Waals surface area (Å²) in [5.74, 6) is 1.04. The highest BCUT2D eigenvalue weighted by Crippen LogP contribution is 2.47. The number of halogens is 1. The van der Waals surface area contributed by atoms with Crippen LogP contribution in [0.4, 0.5) is 5.69 Å². The van der Waals surface area contributed by atoms with E-state index in [2.05, 4.69) is 27.3 Å². The van der Waals surface area contributed by atoms with Gasteiger partial charge in [-0.15, -0.1) is 0 Å². The number of benzene rings is 1. The maximum absolute atomic E-state index is 11.6. The lowest BCUT2D eigenvalue weighted by atomic mass is 9.72. The van der Waals surface area contributed by atoms with Gasteiger partial charge in [-0.3, -0.25) is 4.79 Å². The van der Waals surface area contributed by atoms with Crippen molar-refractivity contribution in [3.8, 4) is 0 Å². The van der Waals surface area contributed by atoms with Gasteiger partial charge in [0.15, 0.2) is 0 Å². The van der Waals surface area contributed by atoms with Gasteiger partial charge in [-0.25, -0.2) is 0 Å². The SMILES string of the molecule is O=C1Nc2ccc(Br)cc2C2CC1C2. The second kappa shape index (κ2) is 2.83. The van der Waals surface area contributed by atoms with Gasteiger partial charge in [-0.05, 0) is 42.5 Å². The fourth-order valence-corrected chi connectivity index (χ4v) is 2.68. The number of amides is 1. The van der Waals surface area contributed by atoms with E-state index < -0.39 is 0 Å². The molecule has 4 rings (SSSR count). The number of anilines is 1. The summed E-state index contributed by atoms with van der Waals surface area (Å²) in [6.45, 7) is 0. The second-order valence-corrected chi connectivity index (χ2v) is 5.00. The molecule has 1 aromatic carbocycles. The highest BCUT2D eigenvalue weighted by atomic mass is 79.9. The minimum Gasteiger partial charge on any atom is -0.326 e. The van der Waals surface area contributed by atoms with Crippen LogP contribution < -0.4 is 5.32 Å². The molecule has 1 saturated carbocycles. The van der Waals surface area contributed by atoms with E-state index >= 15 is 0 Å². The zero-order chi connectivity index (χ0) is 9.71. The summed E-state index contributed by atoms with van der Waals surface area (Å²) in [4.78, 5) is 11.6. The average molecular weight is 252 g/mol. The molecule has 14 heavy (non-hydrogen) atoms. The third-order valence-corrected chi connectivity index (χ3v) is 3.71. The van der Waals surface area contributed by atoms with E-state index in [9.17, 15) is 4.79 Å². The molecule has 0 radical (unpaired) electrons. The summed E-state index contributed by atoms with van der Waals surface area (Å²) in [5, 5.41) is 2.98. The minimum absolute atomic E-state index is 0.197. The minimum atomic E-state index is 0.197. The maximum atomic E-state index is 11.6. The fraction of sp³-hybridized carbons (Fsp3) is 0.364. The first-order valence-corrected chi connectivity index (χ1v) is 5.63. The quantitative estimate of drug-likeness (QED) is 0.755. The Morgan fingerprint density at radius 2 is 2.07 bits per heavy atom. The van der Waals surface area contributed by atoms with Gasteiger partial charge in [0.1, 0.15) is 0 Å². The van der Waals surface area contributed by atoms with Crippen molar-refractivity contribution in [1.29, 1.82) is 0 Å². The Labute approximate surface area is 90.8 Å². The van der Waals surface area contributed by atoms with Crippen molar-refractivity contribution in [3.63, 3.8) is 0 Å². The number of rotatable bonds is 0. The molecule has 1 amide bonds. The molecule has 72 valence electrons. The summed E-state index contributed by atoms with van der Waals surface area (Å²) >= 11 is 3.46. The number of hydrogen-bond donors (Lipinski definition) is 1. The lowest BCUT2D eigenvalue weighted by Crippen LogP contribution is -2.29. The molecule has 1 fully saturated rings. The molecule has 2 heterocycles. The molecule has 2 bridgehead atoms. The summed E-state index contributed by atoms with van der Waals surface area (Å²) in [7, 11) is 0. The first-order valence-electron chi connectivity index (χ1n) is 4.84. The Balaban J connectivity index is 2.12. The van der Waals surface area contributed by atoms with Gasteiger partial charge < -0.3 is 5.32 Å². The predicted octanol–water partition coefficient (Wildman–Crippen LogP) is 2.89. The molecular weight excluding hydrogens is 242 g/mol. The fourth-order valence-electron chi connectivity index (χ4n) is 2.31. The molecule has 0 unspecified atom stereocenters. The topological polar surface area (TPSA) is 29.1 Å². The van der Waals surface area contributed by atoms with Gasteiger partial charge in [0.05, 0.1) is 0 Å². The molecule has 0 spiro atoms. The number of carbonyl (C=O) groups excluding carboxylic acids is 1. The van der Waals surface area contributed by atoms with Crippen LogP contribution in [0.5, 0.6) is 0 Å². The molecule has 1 aromatic rings. The lowest BCUT2D eigenvalue weighted by molar-refractivity contribution is -0.122. The Morgan fingerprint density at radius 1 is 1.29 bits per heavy atom. The zero-order valence-corrected chi connectivity index (χ0v) is 9.17. The zero-order valence-electron chi connectivity index (χ0n) is 7.59. The van der Waals surface area contributed by atoms with E-state index in [1.165, 1.54) is 5.56 Å². The van der Waals surface area contributed by atoms with Gasteiger partial charge >= 0.3 is 0 Å². The van der Waals surface area contributed by atoms with Gasteiger partial charge in [0, 0.05) is 16.1 Å². The van der Waals surface area contributed by atoms with Crippen LogP contribution in [0, 0.1) is 5.92 Å². The summed E-state index contributed by atoms with van der Waals surface area (Å²) < 4.78 is 1.09. The largest absolute Gasteiger partial charge is 0.326 e. The van der Waals surface area contributed by atoms with Crippen molar-refractivity contribution in [1.82, 2.24) is 0 Å². The summed E-state index contributed by atoms with van der Waals surface area (Å²) in [6, 6.07) is 6.08. The molecule has 1 N–H and O–H groups in total. The predicted molar refractivity (Wildman–Crippen MR) is 58.2 cm³/mol. The molecule has 3 heteroatoms. The standard InChI is InChI=1S/C11H10BrNO/c12-8-1-2-10-9(5-8)6-3-7(4-6)11(14)13-10/h1-2,5-7H,3-4H2,(H,13,14). The molecule has 2 aliphatic heterocycles. The van der Waals surface area contributed by atoms with Crippen LogP contribution in [0.2, 0.25) is 0 Å². The number of fused-ring (bicyclic) bond motifs is 1. The van der Waals surface area contributed by atoms with Crippen molar-refractivity contribution in [2.45, 2.75) is 18.8 Å². The van der Waals surface area contributed by atoms with E-state index in [1.807, 2.05) is 12.1 Å². The third-order valence-electron chi connectivity index (χ3n) is 3.22. The molecular formula is C11H10BrNO. The monoisotopic (exact) mass is 251 g/mol. The van der Waals surface area contributed by atoms with Gasteiger partial charge in [0.25, 0.3) is 0 Å². The van der Waals surface area contributed by atoms with Crippen LogP contribution in [-0.4, -0.2) is 5.91 Å². The van der Waals surface area contributed by atoms with E-state index in [0.29, 0.717) is 5.92 Å². The van der Waals surface area contributed by atoms with Crippen molar-refractivity contribution >= 4 is 27.5 Å². The summed E-state index contributed by atoms with van der Waals surface area (Å²) in [5.41, 5.74) is 2.30. The van der Waals surface area contributed by atoms with Gasteiger partial charge in [0.2, 0.25) is 5.91 Å². The van der Waals surface area contributed by atoms with Crippen LogP contribution >= 0.6 is 15.9 Å². The highest BCUT2D eigenvalue weighted by Gasteiger charge is 2.39. The van der Waals surface area contributed by atoms with Crippen LogP contribution in [0.25, 0.3) is 0 Å². The molecule has 0 aromatic heterocycles. The van der Waals surface area contributed by atoms with Crippen LogP contribution in [0.3, 0.4) is 0 Å². The second-order valence-electron chi connectivity index (χ2n) is 4.09. The van der Waals surface area contributed by atoms with Crippen molar-refractivity contribution in [3.05, 3.63) is 28.2 Å². The molecule has 1 aliphatic carbocycles.